The van der Waals surface area contributed by atoms with Crippen LogP contribution in [0.1, 0.15) is 51.1 Å². The van der Waals surface area contributed by atoms with Crippen LogP contribution in [0.4, 0.5) is 5.69 Å². The molecule has 22 heavy (non-hydrogen) atoms. The number of benzene rings is 1. The summed E-state index contributed by atoms with van der Waals surface area (Å²) in [6, 6.07) is 7.32. The lowest BCUT2D eigenvalue weighted by molar-refractivity contribution is -0.126. The number of rotatable bonds is 4. The maximum Gasteiger partial charge on any atom is 0.240 e. The normalized spacial score (nSPS) is 17.2. The number of anilines is 1. The van der Waals surface area contributed by atoms with Gasteiger partial charge in [0.15, 0.2) is 0 Å². The van der Waals surface area contributed by atoms with E-state index in [1.54, 1.807) is 0 Å². The van der Waals surface area contributed by atoms with E-state index >= 15 is 0 Å². The molecule has 0 saturated heterocycles. The Balaban J connectivity index is 0.00000242. The Hall–Kier alpha value is -1.59. The summed E-state index contributed by atoms with van der Waals surface area (Å²) in [6.07, 6.45) is 3.52. The summed E-state index contributed by atoms with van der Waals surface area (Å²) < 4.78 is 0. The minimum Gasteiger partial charge on any atom is -0.348 e. The molecular formula is C16H24ClN3O2. The van der Waals surface area contributed by atoms with Crippen molar-refractivity contribution in [2.24, 2.45) is 5.73 Å². The van der Waals surface area contributed by atoms with Gasteiger partial charge in [0.25, 0.3) is 0 Å². The first-order valence-corrected chi connectivity index (χ1v) is 7.38. The zero-order chi connectivity index (χ0) is 15.5. The van der Waals surface area contributed by atoms with Gasteiger partial charge in [-0.25, -0.2) is 0 Å². The average Bonchev–Trinajstić information content (AvgIpc) is 2.86. The third-order valence-electron chi connectivity index (χ3n) is 4.00. The fourth-order valence-corrected chi connectivity index (χ4v) is 2.75. The van der Waals surface area contributed by atoms with E-state index in [4.69, 9.17) is 5.73 Å². The zero-order valence-electron chi connectivity index (χ0n) is 13.0. The van der Waals surface area contributed by atoms with Crippen LogP contribution in [0.3, 0.4) is 0 Å². The highest BCUT2D eigenvalue weighted by Gasteiger charge is 2.37. The van der Waals surface area contributed by atoms with Gasteiger partial charge in [0.1, 0.15) is 0 Å². The van der Waals surface area contributed by atoms with Crippen molar-refractivity contribution in [3.8, 4) is 0 Å². The van der Waals surface area contributed by atoms with Crippen LogP contribution in [0.5, 0.6) is 0 Å². The van der Waals surface area contributed by atoms with E-state index in [9.17, 15) is 9.59 Å². The van der Waals surface area contributed by atoms with Gasteiger partial charge < -0.3 is 16.4 Å². The molecule has 1 atom stereocenters. The second-order valence-corrected chi connectivity index (χ2v) is 5.87. The summed E-state index contributed by atoms with van der Waals surface area (Å²) in [4.78, 5) is 23.4. The largest absolute Gasteiger partial charge is 0.348 e. The second-order valence-electron chi connectivity index (χ2n) is 5.87. The Kier molecular flexibility index (Phi) is 6.38. The number of halogens is 1. The molecule has 0 aliphatic heterocycles. The lowest BCUT2D eigenvalue weighted by Crippen LogP contribution is -2.52. The molecular weight excluding hydrogens is 302 g/mol. The van der Waals surface area contributed by atoms with Gasteiger partial charge in [-0.15, -0.1) is 12.4 Å². The molecule has 0 spiro atoms. The molecule has 1 fully saturated rings. The van der Waals surface area contributed by atoms with E-state index in [2.05, 4.69) is 10.6 Å². The van der Waals surface area contributed by atoms with Gasteiger partial charge in [-0.1, -0.05) is 25.0 Å². The van der Waals surface area contributed by atoms with E-state index in [1.165, 1.54) is 6.92 Å². The van der Waals surface area contributed by atoms with Crippen molar-refractivity contribution in [1.29, 1.82) is 0 Å². The average molecular weight is 326 g/mol. The highest BCUT2D eigenvalue weighted by Crippen LogP contribution is 2.28. The Morgan fingerprint density at radius 1 is 1.27 bits per heavy atom. The first-order valence-electron chi connectivity index (χ1n) is 7.38. The molecule has 1 saturated carbocycles. The van der Waals surface area contributed by atoms with Gasteiger partial charge in [-0.2, -0.15) is 0 Å². The van der Waals surface area contributed by atoms with E-state index in [0.29, 0.717) is 0 Å². The number of hydrogen-bond acceptors (Lipinski definition) is 3. The Labute approximate surface area is 137 Å². The molecule has 1 aliphatic carbocycles. The van der Waals surface area contributed by atoms with E-state index < -0.39 is 5.54 Å². The molecule has 4 N–H and O–H groups in total. The van der Waals surface area contributed by atoms with Gasteiger partial charge in [0.05, 0.1) is 11.6 Å². The minimum atomic E-state index is -0.719. The molecule has 0 bridgehead atoms. The molecule has 6 heteroatoms. The maximum absolute atomic E-state index is 12.3. The molecule has 2 rings (SSSR count). The zero-order valence-corrected chi connectivity index (χ0v) is 13.8. The molecule has 0 aromatic heterocycles. The van der Waals surface area contributed by atoms with E-state index in [1.807, 2.05) is 31.2 Å². The van der Waals surface area contributed by atoms with Gasteiger partial charge in [-0.3, -0.25) is 9.59 Å². The monoisotopic (exact) mass is 325 g/mol. The predicted octanol–water partition coefficient (Wildman–Crippen LogP) is 2.52. The molecule has 2 amide bonds. The van der Waals surface area contributed by atoms with Crippen LogP contribution in [-0.4, -0.2) is 17.4 Å². The van der Waals surface area contributed by atoms with Crippen LogP contribution in [0, 0.1) is 0 Å². The number of hydrogen-bond donors (Lipinski definition) is 3. The minimum absolute atomic E-state index is 0. The van der Waals surface area contributed by atoms with Gasteiger partial charge >= 0.3 is 0 Å². The standard InChI is InChI=1S/C16H23N3O2.ClH/c1-11(18-15(21)16(17)8-3-4-9-16)13-6-5-7-14(10-13)19-12(2)20;/h5-7,10-11H,3-4,8-9,17H2,1-2H3,(H,18,21)(H,19,20);1H. The van der Waals surface area contributed by atoms with Crippen molar-refractivity contribution in [3.63, 3.8) is 0 Å². The van der Waals surface area contributed by atoms with Gasteiger partial charge in [0, 0.05) is 12.6 Å². The summed E-state index contributed by atoms with van der Waals surface area (Å²) in [5.74, 6) is -0.201. The highest BCUT2D eigenvalue weighted by atomic mass is 35.5. The Morgan fingerprint density at radius 3 is 2.50 bits per heavy atom. The molecule has 0 radical (unpaired) electrons. The quantitative estimate of drug-likeness (QED) is 0.795. The number of nitrogens with one attached hydrogen (secondary N) is 2. The fourth-order valence-electron chi connectivity index (χ4n) is 2.75. The molecule has 1 aliphatic rings. The molecule has 1 aromatic rings. The Bertz CT molecular complexity index is 542. The molecule has 1 aromatic carbocycles. The third kappa shape index (κ3) is 4.45. The SMILES string of the molecule is CC(=O)Nc1cccc(C(C)NC(=O)C2(N)CCCC2)c1.Cl. The summed E-state index contributed by atoms with van der Waals surface area (Å²) >= 11 is 0. The molecule has 0 heterocycles. The van der Waals surface area contributed by atoms with Crippen molar-refractivity contribution in [2.75, 3.05) is 5.32 Å². The fraction of sp³-hybridized carbons (Fsp3) is 0.500. The predicted molar refractivity (Wildman–Crippen MR) is 89.9 cm³/mol. The smallest absolute Gasteiger partial charge is 0.240 e. The van der Waals surface area contributed by atoms with Crippen molar-refractivity contribution in [1.82, 2.24) is 5.32 Å². The summed E-state index contributed by atoms with van der Waals surface area (Å²) in [5, 5.41) is 5.72. The molecule has 1 unspecified atom stereocenters. The highest BCUT2D eigenvalue weighted by molar-refractivity contribution is 5.89. The van der Waals surface area contributed by atoms with Gasteiger partial charge in [-0.05, 0) is 37.5 Å². The lowest BCUT2D eigenvalue weighted by atomic mass is 9.97. The van der Waals surface area contributed by atoms with Crippen molar-refractivity contribution < 1.29 is 9.59 Å². The molecule has 5 nitrogen and oxygen atoms in total. The van der Waals surface area contributed by atoms with Crippen LogP contribution in [0.25, 0.3) is 0 Å². The van der Waals surface area contributed by atoms with Crippen LogP contribution in [0.2, 0.25) is 0 Å². The maximum atomic E-state index is 12.3. The topological polar surface area (TPSA) is 84.2 Å². The van der Waals surface area contributed by atoms with Crippen molar-refractivity contribution >= 4 is 29.9 Å². The first kappa shape index (κ1) is 18.5. The summed E-state index contributed by atoms with van der Waals surface area (Å²) in [5.41, 5.74) is 7.10. The third-order valence-corrected chi connectivity index (χ3v) is 4.00. The lowest BCUT2D eigenvalue weighted by Gasteiger charge is -2.25. The van der Waals surface area contributed by atoms with Crippen molar-refractivity contribution in [3.05, 3.63) is 29.8 Å². The van der Waals surface area contributed by atoms with Crippen molar-refractivity contribution in [2.45, 2.75) is 51.1 Å². The van der Waals surface area contributed by atoms with E-state index in [0.717, 1.165) is 36.9 Å². The number of carbonyl (C=O) groups is 2. The van der Waals surface area contributed by atoms with Gasteiger partial charge in [0.2, 0.25) is 11.8 Å². The van der Waals surface area contributed by atoms with Crippen LogP contribution in [0.15, 0.2) is 24.3 Å². The Morgan fingerprint density at radius 2 is 1.91 bits per heavy atom. The summed E-state index contributed by atoms with van der Waals surface area (Å²) in [6.45, 7) is 3.39. The number of carbonyl (C=O) groups excluding carboxylic acids is 2. The van der Waals surface area contributed by atoms with E-state index in [-0.39, 0.29) is 30.3 Å². The number of amides is 2. The van der Waals surface area contributed by atoms with Crippen LogP contribution >= 0.6 is 12.4 Å². The molecule has 122 valence electrons. The van der Waals surface area contributed by atoms with Crippen LogP contribution < -0.4 is 16.4 Å². The number of nitrogens with two attached hydrogens (primary N) is 1. The van der Waals surface area contributed by atoms with Crippen LogP contribution in [-0.2, 0) is 9.59 Å². The second kappa shape index (κ2) is 7.61. The first-order chi connectivity index (χ1) is 9.90. The summed E-state index contributed by atoms with van der Waals surface area (Å²) in [7, 11) is 0.